The van der Waals surface area contributed by atoms with Gasteiger partial charge >= 0.3 is 12.2 Å². The second-order valence-corrected chi connectivity index (χ2v) is 8.31. The van der Waals surface area contributed by atoms with Crippen LogP contribution < -0.4 is 10.6 Å². The van der Waals surface area contributed by atoms with Gasteiger partial charge in [0.15, 0.2) is 0 Å². The summed E-state index contributed by atoms with van der Waals surface area (Å²) in [6.45, 7) is 7.52. The Morgan fingerprint density at radius 2 is 2.04 bits per heavy atom. The van der Waals surface area contributed by atoms with Crippen molar-refractivity contribution in [3.63, 3.8) is 0 Å². The highest BCUT2D eigenvalue weighted by Crippen LogP contribution is 2.37. The van der Waals surface area contributed by atoms with Crippen molar-refractivity contribution in [1.29, 1.82) is 0 Å². The van der Waals surface area contributed by atoms with E-state index in [-0.39, 0.29) is 18.7 Å². The van der Waals surface area contributed by atoms with Gasteiger partial charge in [0, 0.05) is 25.7 Å². The van der Waals surface area contributed by atoms with Gasteiger partial charge in [-0.3, -0.25) is 4.90 Å². The molecule has 148 valence electrons. The van der Waals surface area contributed by atoms with Crippen molar-refractivity contribution in [2.75, 3.05) is 19.6 Å². The first-order valence-electron chi connectivity index (χ1n) is 9.47. The Morgan fingerprint density at radius 3 is 2.74 bits per heavy atom. The maximum absolute atomic E-state index is 12.8. The number of ether oxygens (including phenoxy) is 2. The molecule has 2 aliphatic rings. The molecule has 27 heavy (non-hydrogen) atoms. The lowest BCUT2D eigenvalue weighted by molar-refractivity contribution is -0.0101. The van der Waals surface area contributed by atoms with Crippen LogP contribution in [0.25, 0.3) is 0 Å². The van der Waals surface area contributed by atoms with Crippen molar-refractivity contribution in [3.8, 4) is 0 Å². The van der Waals surface area contributed by atoms with Crippen LogP contribution >= 0.6 is 0 Å². The number of alkyl carbamates (subject to hydrolysis) is 1. The fourth-order valence-electron chi connectivity index (χ4n) is 3.81. The van der Waals surface area contributed by atoms with Gasteiger partial charge in [-0.15, -0.1) is 0 Å². The van der Waals surface area contributed by atoms with Gasteiger partial charge in [0.1, 0.15) is 12.2 Å². The molecule has 2 fully saturated rings. The zero-order valence-corrected chi connectivity index (χ0v) is 16.3. The van der Waals surface area contributed by atoms with Crippen LogP contribution in [0, 0.1) is 0 Å². The molecule has 2 saturated heterocycles. The molecule has 2 amide bonds. The minimum Gasteiger partial charge on any atom is -0.445 e. The Kier molecular flexibility index (Phi) is 5.60. The predicted octanol–water partition coefficient (Wildman–Crippen LogP) is 2.65. The Morgan fingerprint density at radius 1 is 1.30 bits per heavy atom. The van der Waals surface area contributed by atoms with Gasteiger partial charge < -0.3 is 20.1 Å². The number of carbonyl (C=O) groups excluding carboxylic acids is 2. The van der Waals surface area contributed by atoms with Gasteiger partial charge in [-0.05, 0) is 39.2 Å². The van der Waals surface area contributed by atoms with Crippen molar-refractivity contribution >= 4 is 12.2 Å². The van der Waals surface area contributed by atoms with Crippen molar-refractivity contribution in [2.24, 2.45) is 0 Å². The van der Waals surface area contributed by atoms with Crippen LogP contribution in [-0.4, -0.2) is 53.9 Å². The van der Waals surface area contributed by atoms with Crippen molar-refractivity contribution < 1.29 is 19.1 Å². The van der Waals surface area contributed by atoms with E-state index < -0.39 is 17.2 Å². The Hall–Kier alpha value is -2.28. The summed E-state index contributed by atoms with van der Waals surface area (Å²) in [5.41, 5.74) is -0.0942. The molecule has 0 aromatic heterocycles. The van der Waals surface area contributed by atoms with E-state index in [1.54, 1.807) is 0 Å². The van der Waals surface area contributed by atoms with E-state index in [0.29, 0.717) is 13.1 Å². The van der Waals surface area contributed by atoms with Crippen LogP contribution in [0.3, 0.4) is 0 Å². The first-order valence-corrected chi connectivity index (χ1v) is 9.47. The topological polar surface area (TPSA) is 79.9 Å². The first kappa shape index (κ1) is 19.5. The lowest BCUT2D eigenvalue weighted by Crippen LogP contribution is -2.66. The van der Waals surface area contributed by atoms with Crippen LogP contribution in [0.4, 0.5) is 9.59 Å². The number of hydrogen-bond acceptors (Lipinski definition) is 5. The average Bonchev–Trinajstić information content (AvgIpc) is 2.84. The quantitative estimate of drug-likeness (QED) is 0.846. The number of amides is 2. The molecule has 0 spiro atoms. The molecule has 2 atom stereocenters. The monoisotopic (exact) mass is 375 g/mol. The third-order valence-corrected chi connectivity index (χ3v) is 5.02. The van der Waals surface area contributed by atoms with Crippen molar-refractivity contribution in [2.45, 2.75) is 57.4 Å². The number of fused-ring (bicyclic) bond motifs is 2. The summed E-state index contributed by atoms with van der Waals surface area (Å²) in [5, 5.41) is 6.21. The lowest BCUT2D eigenvalue weighted by Gasteiger charge is -2.45. The summed E-state index contributed by atoms with van der Waals surface area (Å²) in [6.07, 6.45) is 0.924. The zero-order chi connectivity index (χ0) is 19.5. The highest BCUT2D eigenvalue weighted by molar-refractivity contribution is 5.71. The second kappa shape index (κ2) is 7.76. The smallest absolute Gasteiger partial charge is 0.411 e. The van der Waals surface area contributed by atoms with Crippen molar-refractivity contribution in [3.05, 3.63) is 35.9 Å². The molecule has 7 heteroatoms. The number of nitrogens with zero attached hydrogens (tertiary/aromatic N) is 1. The van der Waals surface area contributed by atoms with Crippen molar-refractivity contribution in [1.82, 2.24) is 15.5 Å². The third-order valence-electron chi connectivity index (χ3n) is 5.02. The fraction of sp³-hybridized carbons (Fsp3) is 0.600. The van der Waals surface area contributed by atoms with Crippen LogP contribution in [0.1, 0.15) is 39.2 Å². The molecule has 2 N–H and O–H groups in total. The van der Waals surface area contributed by atoms with E-state index in [0.717, 1.165) is 24.9 Å². The molecular weight excluding hydrogens is 346 g/mol. The summed E-state index contributed by atoms with van der Waals surface area (Å²) in [7, 11) is 0. The molecule has 1 aromatic carbocycles. The summed E-state index contributed by atoms with van der Waals surface area (Å²) < 4.78 is 10.9. The van der Waals surface area contributed by atoms with E-state index in [1.807, 2.05) is 56.0 Å². The molecule has 2 aliphatic heterocycles. The number of hydrogen-bond donors (Lipinski definition) is 2. The number of nitrogens with one attached hydrogen (secondary N) is 2. The molecule has 1 aromatic rings. The predicted molar refractivity (Wildman–Crippen MR) is 101 cm³/mol. The maximum Gasteiger partial charge on any atom is 0.411 e. The summed E-state index contributed by atoms with van der Waals surface area (Å²) in [5.74, 6) is 0. The number of piperazine rings is 1. The normalized spacial score (nSPS) is 24.4. The molecule has 0 radical (unpaired) electrons. The van der Waals surface area contributed by atoms with Gasteiger partial charge in [-0.25, -0.2) is 9.59 Å². The lowest BCUT2D eigenvalue weighted by atomic mass is 9.96. The molecule has 2 bridgehead atoms. The summed E-state index contributed by atoms with van der Waals surface area (Å²) in [6, 6.07) is 9.63. The Bertz CT molecular complexity index is 670. The van der Waals surface area contributed by atoms with Gasteiger partial charge in [0.25, 0.3) is 0 Å². The Labute approximate surface area is 160 Å². The van der Waals surface area contributed by atoms with Crippen LogP contribution in [-0.2, 0) is 16.1 Å². The summed E-state index contributed by atoms with van der Waals surface area (Å²) >= 11 is 0. The average molecular weight is 375 g/mol. The second-order valence-electron chi connectivity index (χ2n) is 8.31. The van der Waals surface area contributed by atoms with E-state index in [9.17, 15) is 9.59 Å². The molecule has 7 nitrogen and oxygen atoms in total. The number of carbonyl (C=O) groups is 2. The van der Waals surface area contributed by atoms with E-state index in [4.69, 9.17) is 9.47 Å². The van der Waals surface area contributed by atoms with E-state index in [2.05, 4.69) is 10.6 Å². The number of benzene rings is 1. The molecule has 0 saturated carbocycles. The Balaban J connectivity index is 1.59. The van der Waals surface area contributed by atoms with Gasteiger partial charge in [0.2, 0.25) is 0 Å². The fourth-order valence-corrected chi connectivity index (χ4v) is 3.81. The highest BCUT2D eigenvalue weighted by atomic mass is 16.6. The summed E-state index contributed by atoms with van der Waals surface area (Å²) in [4.78, 5) is 26.7. The molecule has 0 aliphatic carbocycles. The minimum absolute atomic E-state index is 0.0933. The largest absolute Gasteiger partial charge is 0.445 e. The van der Waals surface area contributed by atoms with Crippen LogP contribution in [0.5, 0.6) is 0 Å². The SMILES string of the molecule is CC(C)(C)OC(=O)N1C2CCC1(CNC(=O)OCc1ccccc1)CNC2. The molecule has 2 unspecified atom stereocenters. The number of rotatable bonds is 4. The van der Waals surface area contributed by atoms with Gasteiger partial charge in [-0.1, -0.05) is 30.3 Å². The molecule has 2 heterocycles. The van der Waals surface area contributed by atoms with E-state index in [1.165, 1.54) is 0 Å². The van der Waals surface area contributed by atoms with Crippen LogP contribution in [0.2, 0.25) is 0 Å². The van der Waals surface area contributed by atoms with Gasteiger partial charge in [-0.2, -0.15) is 0 Å². The third kappa shape index (κ3) is 4.71. The van der Waals surface area contributed by atoms with Crippen LogP contribution in [0.15, 0.2) is 30.3 Å². The van der Waals surface area contributed by atoms with E-state index >= 15 is 0 Å². The first-order chi connectivity index (χ1) is 12.8. The molecular formula is C20H29N3O4. The van der Waals surface area contributed by atoms with Gasteiger partial charge in [0.05, 0.1) is 5.54 Å². The highest BCUT2D eigenvalue weighted by Gasteiger charge is 2.52. The standard InChI is InChI=1S/C20H29N3O4/c1-19(2,3)27-18(25)23-16-9-10-20(23,13-21-11-16)14-22-17(24)26-12-15-7-5-4-6-8-15/h4-8,16,21H,9-14H2,1-3H3,(H,22,24). The molecule has 3 rings (SSSR count). The minimum atomic E-state index is -0.551. The zero-order valence-electron chi connectivity index (χ0n) is 16.3. The maximum atomic E-state index is 12.8.